The quantitative estimate of drug-likeness (QED) is 0.821. The zero-order valence-corrected chi connectivity index (χ0v) is 10.9. The van der Waals surface area contributed by atoms with Gasteiger partial charge >= 0.3 is 0 Å². The third-order valence-corrected chi connectivity index (χ3v) is 3.29. The van der Waals surface area contributed by atoms with Crippen molar-refractivity contribution in [1.82, 2.24) is 4.98 Å². The van der Waals surface area contributed by atoms with Crippen LogP contribution in [0, 0.1) is 5.92 Å². The van der Waals surface area contributed by atoms with E-state index in [1.807, 2.05) is 19.2 Å². The van der Waals surface area contributed by atoms with Gasteiger partial charge in [0, 0.05) is 25.3 Å². The zero-order valence-electron chi connectivity index (χ0n) is 10.9. The number of hydrogen-bond acceptors (Lipinski definition) is 3. The van der Waals surface area contributed by atoms with Gasteiger partial charge in [0.2, 0.25) is 0 Å². The van der Waals surface area contributed by atoms with Gasteiger partial charge in [0.1, 0.15) is 5.82 Å². The van der Waals surface area contributed by atoms with Crippen molar-refractivity contribution in [3.8, 4) is 0 Å². The number of aromatic nitrogens is 1. The lowest BCUT2D eigenvalue weighted by atomic mass is 10.1. The predicted octanol–water partition coefficient (Wildman–Crippen LogP) is 2.73. The van der Waals surface area contributed by atoms with Gasteiger partial charge in [-0.2, -0.15) is 0 Å². The maximum Gasteiger partial charge on any atom is 0.128 e. The molecule has 3 nitrogen and oxygen atoms in total. The molecule has 0 amide bonds. The van der Waals surface area contributed by atoms with Crippen molar-refractivity contribution < 1.29 is 0 Å². The monoisotopic (exact) mass is 233 g/mol. The molecule has 1 fully saturated rings. The number of nitrogens with zero attached hydrogens (tertiary/aromatic N) is 2. The standard InChI is InChI=1S/C14H23N3/c1-3-8-17(10-12-4-5-12)14-9-13(11(2)15)6-7-16-14/h6-7,9,11-12H,3-5,8,10,15H2,1-2H3/t11-/m0/s1. The summed E-state index contributed by atoms with van der Waals surface area (Å²) in [5.74, 6) is 1.98. The Bertz CT molecular complexity index is 358. The highest BCUT2D eigenvalue weighted by Crippen LogP contribution is 2.31. The minimum atomic E-state index is 0.0844. The van der Waals surface area contributed by atoms with Crippen LogP contribution in [-0.4, -0.2) is 18.1 Å². The van der Waals surface area contributed by atoms with Crippen LogP contribution < -0.4 is 10.6 Å². The van der Waals surface area contributed by atoms with Crippen molar-refractivity contribution in [3.63, 3.8) is 0 Å². The summed E-state index contributed by atoms with van der Waals surface area (Å²) in [5.41, 5.74) is 7.10. The van der Waals surface area contributed by atoms with Gasteiger partial charge in [0.25, 0.3) is 0 Å². The fourth-order valence-corrected chi connectivity index (χ4v) is 2.07. The normalized spacial score (nSPS) is 16.9. The van der Waals surface area contributed by atoms with Gasteiger partial charge in [-0.15, -0.1) is 0 Å². The number of hydrogen-bond donors (Lipinski definition) is 1. The van der Waals surface area contributed by atoms with Gasteiger partial charge in [0.15, 0.2) is 0 Å². The van der Waals surface area contributed by atoms with Crippen molar-refractivity contribution in [3.05, 3.63) is 23.9 Å². The van der Waals surface area contributed by atoms with Crippen LogP contribution in [0.3, 0.4) is 0 Å². The number of nitrogens with two attached hydrogens (primary N) is 1. The van der Waals surface area contributed by atoms with Crippen molar-refractivity contribution in [2.24, 2.45) is 11.7 Å². The first kappa shape index (κ1) is 12.4. The molecule has 1 atom stereocenters. The molecule has 0 bridgehead atoms. The number of anilines is 1. The fourth-order valence-electron chi connectivity index (χ4n) is 2.07. The molecule has 1 saturated carbocycles. The Morgan fingerprint density at radius 1 is 1.53 bits per heavy atom. The zero-order chi connectivity index (χ0) is 12.3. The lowest BCUT2D eigenvalue weighted by molar-refractivity contribution is 0.697. The molecule has 17 heavy (non-hydrogen) atoms. The molecule has 0 spiro atoms. The van der Waals surface area contributed by atoms with E-state index in [-0.39, 0.29) is 6.04 Å². The van der Waals surface area contributed by atoms with Crippen molar-refractivity contribution >= 4 is 5.82 Å². The van der Waals surface area contributed by atoms with Crippen LogP contribution in [-0.2, 0) is 0 Å². The Morgan fingerprint density at radius 2 is 2.29 bits per heavy atom. The predicted molar refractivity (Wildman–Crippen MR) is 72.1 cm³/mol. The molecule has 0 unspecified atom stereocenters. The molecule has 1 aliphatic carbocycles. The topological polar surface area (TPSA) is 42.1 Å². The van der Waals surface area contributed by atoms with Crippen LogP contribution in [0.4, 0.5) is 5.82 Å². The first-order valence-electron chi connectivity index (χ1n) is 6.67. The maximum absolute atomic E-state index is 5.92. The second-order valence-corrected chi connectivity index (χ2v) is 5.13. The third kappa shape index (κ3) is 3.43. The molecule has 1 aromatic heterocycles. The molecule has 0 radical (unpaired) electrons. The molecule has 0 aromatic carbocycles. The van der Waals surface area contributed by atoms with E-state index in [2.05, 4.69) is 22.9 Å². The van der Waals surface area contributed by atoms with Crippen LogP contribution in [0.25, 0.3) is 0 Å². The first-order chi connectivity index (χ1) is 8.20. The molecule has 2 N–H and O–H groups in total. The van der Waals surface area contributed by atoms with Crippen molar-refractivity contribution in [2.75, 3.05) is 18.0 Å². The summed E-state index contributed by atoms with van der Waals surface area (Å²) < 4.78 is 0. The van der Waals surface area contributed by atoms with Gasteiger partial charge in [-0.3, -0.25) is 0 Å². The maximum atomic E-state index is 5.92. The summed E-state index contributed by atoms with van der Waals surface area (Å²) >= 11 is 0. The number of pyridine rings is 1. The van der Waals surface area contributed by atoms with Crippen LogP contribution in [0.1, 0.15) is 44.7 Å². The van der Waals surface area contributed by atoms with E-state index in [9.17, 15) is 0 Å². The third-order valence-electron chi connectivity index (χ3n) is 3.29. The molecular weight excluding hydrogens is 210 g/mol. The summed E-state index contributed by atoms with van der Waals surface area (Å²) in [7, 11) is 0. The minimum Gasteiger partial charge on any atom is -0.356 e. The highest BCUT2D eigenvalue weighted by molar-refractivity contribution is 5.42. The van der Waals surface area contributed by atoms with Crippen molar-refractivity contribution in [2.45, 2.75) is 39.2 Å². The van der Waals surface area contributed by atoms with E-state index in [4.69, 9.17) is 5.73 Å². The van der Waals surface area contributed by atoms with Gasteiger partial charge in [-0.05, 0) is 49.8 Å². The SMILES string of the molecule is CCCN(CC1CC1)c1cc([C@H](C)N)ccn1. The van der Waals surface area contributed by atoms with Gasteiger partial charge in [-0.1, -0.05) is 6.92 Å². The second kappa shape index (κ2) is 5.50. The Labute approximate surface area is 104 Å². The molecule has 3 heteroatoms. The molecule has 1 heterocycles. The van der Waals surface area contributed by atoms with E-state index in [0.29, 0.717) is 0 Å². The number of rotatable bonds is 6. The molecule has 94 valence electrons. The Morgan fingerprint density at radius 3 is 2.88 bits per heavy atom. The Kier molecular flexibility index (Phi) is 4.00. The van der Waals surface area contributed by atoms with Crippen LogP contribution >= 0.6 is 0 Å². The van der Waals surface area contributed by atoms with E-state index in [1.165, 1.54) is 18.4 Å². The second-order valence-electron chi connectivity index (χ2n) is 5.13. The largest absolute Gasteiger partial charge is 0.356 e. The average molecular weight is 233 g/mol. The molecule has 0 saturated heterocycles. The molecule has 0 aliphatic heterocycles. The smallest absolute Gasteiger partial charge is 0.128 e. The van der Waals surface area contributed by atoms with Crippen LogP contribution in [0.5, 0.6) is 0 Å². The van der Waals surface area contributed by atoms with E-state index >= 15 is 0 Å². The summed E-state index contributed by atoms with van der Waals surface area (Å²) in [4.78, 5) is 6.90. The highest BCUT2D eigenvalue weighted by Gasteiger charge is 2.24. The average Bonchev–Trinajstić information content (AvgIpc) is 3.12. The highest BCUT2D eigenvalue weighted by atomic mass is 15.2. The van der Waals surface area contributed by atoms with Gasteiger partial charge < -0.3 is 10.6 Å². The summed E-state index contributed by atoms with van der Waals surface area (Å²) in [6, 6.07) is 4.24. The van der Waals surface area contributed by atoms with Crippen LogP contribution in [0.2, 0.25) is 0 Å². The van der Waals surface area contributed by atoms with E-state index in [0.717, 1.165) is 31.2 Å². The lowest BCUT2D eigenvalue weighted by Crippen LogP contribution is -2.27. The van der Waals surface area contributed by atoms with Gasteiger partial charge in [0.05, 0.1) is 0 Å². The first-order valence-corrected chi connectivity index (χ1v) is 6.67. The molecule has 1 aromatic rings. The van der Waals surface area contributed by atoms with E-state index < -0.39 is 0 Å². The molecule has 1 aliphatic rings. The fraction of sp³-hybridized carbons (Fsp3) is 0.643. The Balaban J connectivity index is 2.12. The summed E-state index contributed by atoms with van der Waals surface area (Å²) in [6.07, 6.45) is 5.81. The lowest BCUT2D eigenvalue weighted by Gasteiger charge is -2.24. The van der Waals surface area contributed by atoms with Crippen molar-refractivity contribution in [1.29, 1.82) is 0 Å². The van der Waals surface area contributed by atoms with Gasteiger partial charge in [-0.25, -0.2) is 4.98 Å². The van der Waals surface area contributed by atoms with E-state index in [1.54, 1.807) is 0 Å². The molecule has 2 rings (SSSR count). The summed E-state index contributed by atoms with van der Waals surface area (Å²) in [6.45, 7) is 6.48. The minimum absolute atomic E-state index is 0.0844. The van der Waals surface area contributed by atoms with Crippen LogP contribution in [0.15, 0.2) is 18.3 Å². The molecular formula is C14H23N3. The Hall–Kier alpha value is -1.09. The summed E-state index contributed by atoms with van der Waals surface area (Å²) in [5, 5.41) is 0.